The Morgan fingerprint density at radius 1 is 1.53 bits per heavy atom. The summed E-state index contributed by atoms with van der Waals surface area (Å²) in [5.41, 5.74) is -0.156. The number of pyridine rings is 1. The van der Waals surface area contributed by atoms with Crippen molar-refractivity contribution in [2.75, 3.05) is 0 Å². The van der Waals surface area contributed by atoms with Gasteiger partial charge in [0, 0.05) is 0 Å². The van der Waals surface area contributed by atoms with Crippen molar-refractivity contribution in [1.29, 1.82) is 0 Å². The van der Waals surface area contributed by atoms with Gasteiger partial charge in [-0.2, -0.15) is 0 Å². The SMILES string of the molecule is CC(C)Oc1ncc(OC2CC2)cc1[N+](=O)[O-]. The number of hydrogen-bond donors (Lipinski definition) is 0. The van der Waals surface area contributed by atoms with Gasteiger partial charge in [-0.1, -0.05) is 0 Å². The Kier molecular flexibility index (Phi) is 3.12. The smallest absolute Gasteiger partial charge is 0.334 e. The fourth-order valence-electron chi connectivity index (χ4n) is 1.31. The molecule has 0 unspecified atom stereocenters. The molecule has 0 spiro atoms. The predicted octanol–water partition coefficient (Wildman–Crippen LogP) is 2.32. The molecule has 0 N–H and O–H groups in total. The van der Waals surface area contributed by atoms with Crippen LogP contribution in [-0.4, -0.2) is 22.1 Å². The molecule has 2 rings (SSSR count). The maximum atomic E-state index is 10.9. The minimum absolute atomic E-state index is 0.0353. The summed E-state index contributed by atoms with van der Waals surface area (Å²) in [6.07, 6.45) is 3.49. The van der Waals surface area contributed by atoms with Crippen LogP contribution in [0.5, 0.6) is 11.6 Å². The van der Waals surface area contributed by atoms with Gasteiger partial charge in [-0.3, -0.25) is 10.1 Å². The van der Waals surface area contributed by atoms with Gasteiger partial charge >= 0.3 is 5.69 Å². The van der Waals surface area contributed by atoms with E-state index in [1.54, 1.807) is 13.8 Å². The third-order valence-corrected chi connectivity index (χ3v) is 2.18. The number of rotatable bonds is 5. The van der Waals surface area contributed by atoms with Crippen LogP contribution in [0.15, 0.2) is 12.3 Å². The van der Waals surface area contributed by atoms with Crippen LogP contribution in [0.3, 0.4) is 0 Å². The number of nitrogens with zero attached hydrogens (tertiary/aromatic N) is 2. The summed E-state index contributed by atoms with van der Waals surface area (Å²) >= 11 is 0. The zero-order valence-corrected chi connectivity index (χ0v) is 9.75. The Bertz CT molecular complexity index is 429. The molecular formula is C11H14N2O4. The lowest BCUT2D eigenvalue weighted by atomic mass is 10.4. The normalized spacial score (nSPS) is 14.8. The van der Waals surface area contributed by atoms with Gasteiger partial charge in [0.25, 0.3) is 5.88 Å². The van der Waals surface area contributed by atoms with Crippen molar-refractivity contribution in [1.82, 2.24) is 4.98 Å². The average Bonchev–Trinajstić information content (AvgIpc) is 3.03. The van der Waals surface area contributed by atoms with Gasteiger partial charge in [0.2, 0.25) is 0 Å². The Morgan fingerprint density at radius 3 is 2.76 bits per heavy atom. The second-order valence-electron chi connectivity index (χ2n) is 4.24. The van der Waals surface area contributed by atoms with Gasteiger partial charge < -0.3 is 9.47 Å². The highest BCUT2D eigenvalue weighted by Crippen LogP contribution is 2.32. The molecule has 1 saturated carbocycles. The van der Waals surface area contributed by atoms with E-state index in [2.05, 4.69) is 4.98 Å². The van der Waals surface area contributed by atoms with Crippen LogP contribution in [0.1, 0.15) is 26.7 Å². The van der Waals surface area contributed by atoms with Gasteiger partial charge in [-0.25, -0.2) is 4.98 Å². The molecule has 6 nitrogen and oxygen atoms in total. The molecule has 0 radical (unpaired) electrons. The van der Waals surface area contributed by atoms with Crippen molar-refractivity contribution in [3.8, 4) is 11.6 Å². The van der Waals surface area contributed by atoms with E-state index < -0.39 is 4.92 Å². The first kappa shape index (κ1) is 11.6. The molecule has 0 amide bonds. The van der Waals surface area contributed by atoms with Gasteiger partial charge in [0.05, 0.1) is 29.4 Å². The van der Waals surface area contributed by atoms with Crippen molar-refractivity contribution < 1.29 is 14.4 Å². The lowest BCUT2D eigenvalue weighted by molar-refractivity contribution is -0.386. The van der Waals surface area contributed by atoms with Crippen molar-refractivity contribution in [2.45, 2.75) is 38.9 Å². The quantitative estimate of drug-likeness (QED) is 0.581. The molecule has 0 bridgehead atoms. The third-order valence-electron chi connectivity index (χ3n) is 2.18. The maximum Gasteiger partial charge on any atom is 0.334 e. The van der Waals surface area contributed by atoms with Crippen LogP contribution in [-0.2, 0) is 0 Å². The van der Waals surface area contributed by atoms with E-state index in [9.17, 15) is 10.1 Å². The summed E-state index contributed by atoms with van der Waals surface area (Å²) in [4.78, 5) is 14.3. The number of nitro groups is 1. The minimum atomic E-state index is -0.509. The lowest BCUT2D eigenvalue weighted by Crippen LogP contribution is -2.09. The van der Waals surface area contributed by atoms with E-state index in [0.717, 1.165) is 12.8 Å². The molecule has 1 fully saturated rings. The highest BCUT2D eigenvalue weighted by Gasteiger charge is 2.26. The third kappa shape index (κ3) is 3.05. The molecular weight excluding hydrogens is 224 g/mol. The Hall–Kier alpha value is -1.85. The summed E-state index contributed by atoms with van der Waals surface area (Å²) in [6.45, 7) is 3.58. The second-order valence-corrected chi connectivity index (χ2v) is 4.24. The molecule has 1 aromatic rings. The first-order valence-corrected chi connectivity index (χ1v) is 5.54. The Morgan fingerprint density at radius 2 is 2.24 bits per heavy atom. The van der Waals surface area contributed by atoms with E-state index in [0.29, 0.717) is 5.75 Å². The van der Waals surface area contributed by atoms with Crippen LogP contribution in [0.4, 0.5) is 5.69 Å². The van der Waals surface area contributed by atoms with Gasteiger partial charge in [-0.05, 0) is 26.7 Å². The molecule has 1 aliphatic carbocycles. The Balaban J connectivity index is 2.22. The fraction of sp³-hybridized carbons (Fsp3) is 0.545. The van der Waals surface area contributed by atoms with E-state index in [-0.39, 0.29) is 23.8 Å². The van der Waals surface area contributed by atoms with E-state index in [1.165, 1.54) is 12.3 Å². The summed E-state index contributed by atoms with van der Waals surface area (Å²) < 4.78 is 10.7. The fourth-order valence-corrected chi connectivity index (χ4v) is 1.31. The summed E-state index contributed by atoms with van der Waals surface area (Å²) in [6, 6.07) is 1.36. The van der Waals surface area contributed by atoms with Crippen LogP contribution < -0.4 is 9.47 Å². The topological polar surface area (TPSA) is 74.5 Å². The summed E-state index contributed by atoms with van der Waals surface area (Å²) in [5.74, 6) is 0.462. The maximum absolute atomic E-state index is 10.9. The highest BCUT2D eigenvalue weighted by molar-refractivity contribution is 5.45. The first-order valence-electron chi connectivity index (χ1n) is 5.54. The van der Waals surface area contributed by atoms with Gasteiger partial charge in [0.1, 0.15) is 5.75 Å². The van der Waals surface area contributed by atoms with Crippen LogP contribution >= 0.6 is 0 Å². The zero-order valence-electron chi connectivity index (χ0n) is 9.75. The van der Waals surface area contributed by atoms with E-state index in [4.69, 9.17) is 9.47 Å². The summed E-state index contributed by atoms with van der Waals surface area (Å²) in [7, 11) is 0. The van der Waals surface area contributed by atoms with Crippen LogP contribution in [0.25, 0.3) is 0 Å². The second kappa shape index (κ2) is 4.57. The molecule has 0 aromatic carbocycles. The Labute approximate surface area is 98.7 Å². The van der Waals surface area contributed by atoms with Crippen LogP contribution in [0.2, 0.25) is 0 Å². The molecule has 0 atom stereocenters. The lowest BCUT2D eigenvalue weighted by Gasteiger charge is -2.10. The van der Waals surface area contributed by atoms with Gasteiger partial charge in [0.15, 0.2) is 0 Å². The van der Waals surface area contributed by atoms with Crippen molar-refractivity contribution in [2.24, 2.45) is 0 Å². The standard InChI is InChI=1S/C11H14N2O4/c1-7(2)16-11-10(13(14)15)5-9(6-12-11)17-8-3-4-8/h5-8H,3-4H2,1-2H3. The number of aromatic nitrogens is 1. The predicted molar refractivity (Wildman–Crippen MR) is 60.3 cm³/mol. The molecule has 6 heteroatoms. The average molecular weight is 238 g/mol. The molecule has 17 heavy (non-hydrogen) atoms. The van der Waals surface area contributed by atoms with Crippen molar-refractivity contribution in [3.05, 3.63) is 22.4 Å². The highest BCUT2D eigenvalue weighted by atomic mass is 16.6. The number of hydrogen-bond acceptors (Lipinski definition) is 5. The van der Waals surface area contributed by atoms with Gasteiger partial charge in [-0.15, -0.1) is 0 Å². The molecule has 92 valence electrons. The minimum Gasteiger partial charge on any atom is -0.489 e. The van der Waals surface area contributed by atoms with E-state index in [1.807, 2.05) is 0 Å². The molecule has 0 saturated heterocycles. The molecule has 1 heterocycles. The van der Waals surface area contributed by atoms with Crippen LogP contribution in [0, 0.1) is 10.1 Å². The van der Waals surface area contributed by atoms with Crippen molar-refractivity contribution >= 4 is 5.69 Å². The molecule has 0 aliphatic heterocycles. The molecule has 1 aliphatic rings. The zero-order chi connectivity index (χ0) is 12.4. The largest absolute Gasteiger partial charge is 0.489 e. The first-order chi connectivity index (χ1) is 8.06. The summed E-state index contributed by atoms with van der Waals surface area (Å²) in [5, 5.41) is 10.9. The van der Waals surface area contributed by atoms with E-state index >= 15 is 0 Å². The molecule has 1 aromatic heterocycles. The van der Waals surface area contributed by atoms with Crippen molar-refractivity contribution in [3.63, 3.8) is 0 Å². The monoisotopic (exact) mass is 238 g/mol. The number of ether oxygens (including phenoxy) is 2.